The Bertz CT molecular complexity index is 629. The highest BCUT2D eigenvalue weighted by Crippen LogP contribution is 2.27. The molecule has 2 heterocycles. The Morgan fingerprint density at radius 1 is 1.05 bits per heavy atom. The number of likely N-dealkylation sites (tertiary alicyclic amines) is 1. The van der Waals surface area contributed by atoms with Gasteiger partial charge in [0.05, 0.1) is 0 Å². The molecule has 1 aromatic heterocycles. The summed E-state index contributed by atoms with van der Waals surface area (Å²) >= 11 is 0. The minimum atomic E-state index is 0.100. The Balaban J connectivity index is 1.55. The van der Waals surface area contributed by atoms with Crippen LogP contribution in [0.2, 0.25) is 0 Å². The van der Waals surface area contributed by atoms with Crippen LogP contribution in [0.15, 0.2) is 60.9 Å². The number of amides is 1. The lowest BCUT2D eigenvalue weighted by molar-refractivity contribution is -0.126. The summed E-state index contributed by atoms with van der Waals surface area (Å²) in [4.78, 5) is 18.1. The molecule has 0 saturated carbocycles. The second-order valence-corrected chi connectivity index (χ2v) is 5.62. The highest BCUT2D eigenvalue weighted by atomic mass is 16.2. The predicted octanol–water partition coefficient (Wildman–Crippen LogP) is 3.50. The van der Waals surface area contributed by atoms with E-state index in [1.54, 1.807) is 18.5 Å². The first kappa shape index (κ1) is 14.5. The molecule has 2 aromatic rings. The van der Waals surface area contributed by atoms with Gasteiger partial charge < -0.3 is 4.90 Å². The minimum absolute atomic E-state index is 0.100. The van der Waals surface area contributed by atoms with E-state index in [2.05, 4.69) is 29.2 Å². The molecule has 0 unspecified atom stereocenters. The number of benzene rings is 1. The number of pyridine rings is 1. The SMILES string of the molecule is O=C(/C=C/c1ccncc1)N1CCC(c2ccccc2)CC1. The monoisotopic (exact) mass is 292 g/mol. The summed E-state index contributed by atoms with van der Waals surface area (Å²) < 4.78 is 0. The molecule has 1 fully saturated rings. The molecule has 3 rings (SSSR count). The zero-order chi connectivity index (χ0) is 15.2. The van der Waals surface area contributed by atoms with E-state index in [1.165, 1.54) is 5.56 Å². The first-order chi connectivity index (χ1) is 10.8. The van der Waals surface area contributed by atoms with Crippen LogP contribution in [0.3, 0.4) is 0 Å². The lowest BCUT2D eigenvalue weighted by atomic mass is 9.89. The zero-order valence-electron chi connectivity index (χ0n) is 12.6. The lowest BCUT2D eigenvalue weighted by Gasteiger charge is -2.31. The fraction of sp³-hybridized carbons (Fsp3) is 0.263. The van der Waals surface area contributed by atoms with Crippen molar-refractivity contribution < 1.29 is 4.79 Å². The lowest BCUT2D eigenvalue weighted by Crippen LogP contribution is -2.36. The average molecular weight is 292 g/mol. The standard InChI is InChI=1S/C19H20N2O/c22-19(7-6-16-8-12-20-13-9-16)21-14-10-18(11-15-21)17-4-2-1-3-5-17/h1-9,12-13,18H,10-11,14-15H2/b7-6+. The van der Waals surface area contributed by atoms with Gasteiger partial charge in [0, 0.05) is 31.6 Å². The Labute approximate surface area is 131 Å². The third kappa shape index (κ3) is 3.61. The van der Waals surface area contributed by atoms with E-state index >= 15 is 0 Å². The van der Waals surface area contributed by atoms with Crippen molar-refractivity contribution in [1.82, 2.24) is 9.88 Å². The third-order valence-corrected chi connectivity index (χ3v) is 4.20. The Morgan fingerprint density at radius 2 is 1.73 bits per heavy atom. The first-order valence-electron chi connectivity index (χ1n) is 7.75. The molecule has 1 saturated heterocycles. The van der Waals surface area contributed by atoms with E-state index in [9.17, 15) is 4.79 Å². The maximum atomic E-state index is 12.2. The van der Waals surface area contributed by atoms with Gasteiger partial charge >= 0.3 is 0 Å². The number of aromatic nitrogens is 1. The molecule has 1 amide bonds. The van der Waals surface area contributed by atoms with Gasteiger partial charge in [-0.15, -0.1) is 0 Å². The Morgan fingerprint density at radius 3 is 2.41 bits per heavy atom. The van der Waals surface area contributed by atoms with Crippen molar-refractivity contribution >= 4 is 12.0 Å². The van der Waals surface area contributed by atoms with Crippen LogP contribution in [-0.4, -0.2) is 28.9 Å². The van der Waals surface area contributed by atoms with Gasteiger partial charge in [-0.2, -0.15) is 0 Å². The van der Waals surface area contributed by atoms with E-state index in [0.717, 1.165) is 31.5 Å². The Hall–Kier alpha value is -2.42. The first-order valence-corrected chi connectivity index (χ1v) is 7.75. The van der Waals surface area contributed by atoms with Crippen molar-refractivity contribution in [3.63, 3.8) is 0 Å². The van der Waals surface area contributed by atoms with Crippen molar-refractivity contribution in [3.8, 4) is 0 Å². The van der Waals surface area contributed by atoms with Crippen LogP contribution in [0.1, 0.15) is 29.9 Å². The number of hydrogen-bond acceptors (Lipinski definition) is 2. The van der Waals surface area contributed by atoms with Crippen LogP contribution >= 0.6 is 0 Å². The molecule has 0 N–H and O–H groups in total. The molecule has 0 spiro atoms. The highest BCUT2D eigenvalue weighted by Gasteiger charge is 2.22. The molecule has 3 heteroatoms. The molecular formula is C19H20N2O. The van der Waals surface area contributed by atoms with E-state index in [1.807, 2.05) is 29.2 Å². The van der Waals surface area contributed by atoms with Gasteiger partial charge in [-0.25, -0.2) is 0 Å². The number of rotatable bonds is 3. The average Bonchev–Trinajstić information content (AvgIpc) is 2.61. The van der Waals surface area contributed by atoms with Crippen molar-refractivity contribution in [2.45, 2.75) is 18.8 Å². The van der Waals surface area contributed by atoms with Gasteiger partial charge in [0.2, 0.25) is 5.91 Å². The predicted molar refractivity (Wildman–Crippen MR) is 88.3 cm³/mol. The summed E-state index contributed by atoms with van der Waals surface area (Å²) in [6.45, 7) is 1.66. The van der Waals surface area contributed by atoms with E-state index < -0.39 is 0 Å². The topological polar surface area (TPSA) is 33.2 Å². The molecule has 3 nitrogen and oxygen atoms in total. The van der Waals surface area contributed by atoms with Gasteiger partial charge in [-0.1, -0.05) is 30.3 Å². The minimum Gasteiger partial charge on any atom is -0.339 e. The normalized spacial score (nSPS) is 16.1. The van der Waals surface area contributed by atoms with Crippen LogP contribution < -0.4 is 0 Å². The smallest absolute Gasteiger partial charge is 0.246 e. The molecule has 1 aromatic carbocycles. The largest absolute Gasteiger partial charge is 0.339 e. The molecule has 0 radical (unpaired) electrons. The van der Waals surface area contributed by atoms with Crippen LogP contribution in [0.5, 0.6) is 0 Å². The van der Waals surface area contributed by atoms with Crippen LogP contribution in [0, 0.1) is 0 Å². The summed E-state index contributed by atoms with van der Waals surface area (Å²) in [6.07, 6.45) is 9.06. The molecular weight excluding hydrogens is 272 g/mol. The molecule has 0 aliphatic carbocycles. The summed E-state index contributed by atoms with van der Waals surface area (Å²) in [5.41, 5.74) is 2.39. The highest BCUT2D eigenvalue weighted by molar-refractivity contribution is 5.91. The molecule has 112 valence electrons. The van der Waals surface area contributed by atoms with Crippen molar-refractivity contribution in [1.29, 1.82) is 0 Å². The second-order valence-electron chi connectivity index (χ2n) is 5.62. The molecule has 1 aliphatic rings. The number of carbonyl (C=O) groups excluding carboxylic acids is 1. The van der Waals surface area contributed by atoms with Crippen molar-refractivity contribution in [3.05, 3.63) is 72.1 Å². The molecule has 0 bridgehead atoms. The van der Waals surface area contributed by atoms with Crippen molar-refractivity contribution in [2.24, 2.45) is 0 Å². The van der Waals surface area contributed by atoms with Gasteiger partial charge in [0.25, 0.3) is 0 Å². The van der Waals surface area contributed by atoms with Crippen LogP contribution in [0.25, 0.3) is 6.08 Å². The zero-order valence-corrected chi connectivity index (χ0v) is 12.6. The van der Waals surface area contributed by atoms with Gasteiger partial charge in [0.15, 0.2) is 0 Å². The van der Waals surface area contributed by atoms with Gasteiger partial charge in [0.1, 0.15) is 0 Å². The molecule has 22 heavy (non-hydrogen) atoms. The van der Waals surface area contributed by atoms with E-state index in [0.29, 0.717) is 5.92 Å². The van der Waals surface area contributed by atoms with Gasteiger partial charge in [-0.3, -0.25) is 9.78 Å². The fourth-order valence-electron chi connectivity index (χ4n) is 2.91. The third-order valence-electron chi connectivity index (χ3n) is 4.20. The molecule has 1 aliphatic heterocycles. The quantitative estimate of drug-likeness (QED) is 0.811. The number of nitrogens with zero attached hydrogens (tertiary/aromatic N) is 2. The summed E-state index contributed by atoms with van der Waals surface area (Å²) in [5.74, 6) is 0.678. The summed E-state index contributed by atoms with van der Waals surface area (Å²) in [5, 5.41) is 0. The van der Waals surface area contributed by atoms with Gasteiger partial charge in [-0.05, 0) is 48.1 Å². The van der Waals surface area contributed by atoms with Crippen LogP contribution in [0.4, 0.5) is 0 Å². The number of hydrogen-bond donors (Lipinski definition) is 0. The van der Waals surface area contributed by atoms with Crippen molar-refractivity contribution in [2.75, 3.05) is 13.1 Å². The maximum Gasteiger partial charge on any atom is 0.246 e. The summed E-state index contributed by atoms with van der Waals surface area (Å²) in [6, 6.07) is 14.4. The summed E-state index contributed by atoms with van der Waals surface area (Å²) in [7, 11) is 0. The fourth-order valence-corrected chi connectivity index (χ4v) is 2.91. The van der Waals surface area contributed by atoms with E-state index in [-0.39, 0.29) is 5.91 Å². The maximum absolute atomic E-state index is 12.2. The Kier molecular flexibility index (Phi) is 4.64. The molecule has 0 atom stereocenters. The number of carbonyl (C=O) groups is 1. The number of piperidine rings is 1. The van der Waals surface area contributed by atoms with E-state index in [4.69, 9.17) is 0 Å². The second kappa shape index (κ2) is 7.03. The van der Waals surface area contributed by atoms with Crippen LogP contribution in [-0.2, 0) is 4.79 Å².